The van der Waals surface area contributed by atoms with Gasteiger partial charge >= 0.3 is 6.61 Å². The molecule has 0 amide bonds. The minimum absolute atomic E-state index is 0.0451. The lowest BCUT2D eigenvalue weighted by Gasteiger charge is -2.35. The van der Waals surface area contributed by atoms with Gasteiger partial charge in [-0.1, -0.05) is 12.8 Å². The molecule has 2 N–H and O–H groups in total. The highest BCUT2D eigenvalue weighted by molar-refractivity contribution is 5.64. The summed E-state index contributed by atoms with van der Waals surface area (Å²) in [6, 6.07) is 4.67. The lowest BCUT2D eigenvalue weighted by molar-refractivity contribution is -0.0610. The summed E-state index contributed by atoms with van der Waals surface area (Å²) in [5, 5.41) is 4.94. The molecule has 4 aliphatic rings. The Morgan fingerprint density at radius 3 is 2.48 bits per heavy atom. The van der Waals surface area contributed by atoms with E-state index in [0.29, 0.717) is 35.4 Å². The van der Waals surface area contributed by atoms with Gasteiger partial charge in [-0.25, -0.2) is 4.98 Å². The Morgan fingerprint density at radius 1 is 1.10 bits per heavy atom. The number of aromatic nitrogens is 3. The van der Waals surface area contributed by atoms with Crippen LogP contribution in [0.3, 0.4) is 0 Å². The molecule has 2 aliphatic carbocycles. The molecular formula is C22H27F2N5O2. The van der Waals surface area contributed by atoms with E-state index in [-0.39, 0.29) is 11.6 Å². The monoisotopic (exact) mass is 431 g/mol. The predicted octanol–water partition coefficient (Wildman–Crippen LogP) is 3.29. The lowest BCUT2D eigenvalue weighted by atomic mass is 10.1. The van der Waals surface area contributed by atoms with Crippen LogP contribution >= 0.6 is 0 Å². The van der Waals surface area contributed by atoms with Crippen molar-refractivity contribution in [1.82, 2.24) is 19.7 Å². The number of halogens is 2. The number of alkyl halides is 2. The van der Waals surface area contributed by atoms with Crippen molar-refractivity contribution in [3.05, 3.63) is 24.0 Å². The van der Waals surface area contributed by atoms with Crippen molar-refractivity contribution in [2.45, 2.75) is 50.3 Å². The van der Waals surface area contributed by atoms with Gasteiger partial charge in [-0.15, -0.1) is 0 Å². The van der Waals surface area contributed by atoms with Gasteiger partial charge in [0.25, 0.3) is 0 Å². The second kappa shape index (κ2) is 7.41. The molecule has 2 unspecified atom stereocenters. The second-order valence-electron chi connectivity index (χ2n) is 9.32. The Hall–Kier alpha value is -2.26. The number of nitrogen functional groups attached to an aromatic ring is 1. The molecule has 6 rings (SSSR count). The maximum absolute atomic E-state index is 12.7. The molecular weight excluding hydrogens is 404 g/mol. The van der Waals surface area contributed by atoms with Gasteiger partial charge in [0.1, 0.15) is 0 Å². The molecule has 2 aliphatic heterocycles. The van der Waals surface area contributed by atoms with Crippen molar-refractivity contribution in [2.24, 2.45) is 11.8 Å². The summed E-state index contributed by atoms with van der Waals surface area (Å²) >= 11 is 0. The molecule has 2 aromatic rings. The molecule has 166 valence electrons. The number of hydrogen-bond donors (Lipinski definition) is 1. The molecule has 0 bridgehead atoms. The van der Waals surface area contributed by atoms with Crippen LogP contribution in [0.4, 0.5) is 14.6 Å². The zero-order chi connectivity index (χ0) is 21.1. The molecule has 31 heavy (non-hydrogen) atoms. The Balaban J connectivity index is 1.29. The molecule has 2 atom stereocenters. The minimum atomic E-state index is -2.94. The molecule has 9 heteroatoms. The lowest BCUT2D eigenvalue weighted by Crippen LogP contribution is -2.48. The van der Waals surface area contributed by atoms with Crippen LogP contribution < -0.4 is 10.5 Å². The van der Waals surface area contributed by atoms with E-state index in [2.05, 4.69) is 25.4 Å². The number of likely N-dealkylation sites (tertiary alicyclic amines) is 1. The summed E-state index contributed by atoms with van der Waals surface area (Å²) in [6.45, 7) is 1.04. The molecule has 2 saturated heterocycles. The molecule has 2 aromatic heterocycles. The number of nitrogens with zero attached hydrogens (tertiary/aromatic N) is 4. The maximum Gasteiger partial charge on any atom is 0.387 e. The molecule has 0 aromatic carbocycles. The molecule has 0 spiro atoms. The van der Waals surface area contributed by atoms with Gasteiger partial charge in [-0.3, -0.25) is 9.58 Å². The molecule has 7 nitrogen and oxygen atoms in total. The zero-order valence-corrected chi connectivity index (χ0v) is 17.3. The van der Waals surface area contributed by atoms with Gasteiger partial charge in [-0.05, 0) is 36.8 Å². The summed E-state index contributed by atoms with van der Waals surface area (Å²) in [7, 11) is 0. The highest BCUT2D eigenvalue weighted by Gasteiger charge is 2.59. The molecule has 4 heterocycles. The minimum Gasteiger partial charge on any atom is -0.431 e. The average Bonchev–Trinajstić information content (AvgIpc) is 3.18. The first kappa shape index (κ1) is 19.4. The third-order valence-corrected chi connectivity index (χ3v) is 7.53. The average molecular weight is 431 g/mol. The van der Waals surface area contributed by atoms with E-state index < -0.39 is 6.61 Å². The van der Waals surface area contributed by atoms with Crippen molar-refractivity contribution in [1.29, 1.82) is 0 Å². The van der Waals surface area contributed by atoms with E-state index in [9.17, 15) is 8.78 Å². The van der Waals surface area contributed by atoms with Crippen LogP contribution in [0.5, 0.6) is 5.75 Å². The fourth-order valence-electron chi connectivity index (χ4n) is 5.76. The van der Waals surface area contributed by atoms with Gasteiger partial charge in [0, 0.05) is 36.5 Å². The largest absolute Gasteiger partial charge is 0.431 e. The fraction of sp³-hybridized carbons (Fsp3) is 0.636. The predicted molar refractivity (Wildman–Crippen MR) is 110 cm³/mol. The van der Waals surface area contributed by atoms with E-state index in [1.165, 1.54) is 24.6 Å². The highest BCUT2D eigenvalue weighted by atomic mass is 19.3. The third-order valence-electron chi connectivity index (χ3n) is 7.53. The van der Waals surface area contributed by atoms with Crippen molar-refractivity contribution in [3.8, 4) is 17.0 Å². The van der Waals surface area contributed by atoms with E-state index in [0.717, 1.165) is 44.8 Å². The van der Waals surface area contributed by atoms with Crippen molar-refractivity contribution >= 4 is 5.82 Å². The topological polar surface area (TPSA) is 78.4 Å². The number of fused-ring (bicyclic) bond motifs is 1. The number of piperidine rings is 1. The van der Waals surface area contributed by atoms with Crippen LogP contribution in [-0.4, -0.2) is 58.6 Å². The number of rotatable bonds is 6. The smallest absolute Gasteiger partial charge is 0.387 e. The van der Waals surface area contributed by atoms with Crippen LogP contribution in [0.1, 0.15) is 43.3 Å². The Kier molecular flexibility index (Phi) is 4.64. The van der Waals surface area contributed by atoms with Crippen LogP contribution in [0.15, 0.2) is 18.3 Å². The molecule has 0 radical (unpaired) electrons. The van der Waals surface area contributed by atoms with Crippen LogP contribution in [-0.2, 0) is 4.74 Å². The van der Waals surface area contributed by atoms with E-state index in [1.807, 2.05) is 0 Å². The Morgan fingerprint density at radius 2 is 1.84 bits per heavy atom. The Labute approximate surface area is 179 Å². The van der Waals surface area contributed by atoms with Crippen molar-refractivity contribution in [2.75, 3.05) is 32.0 Å². The first-order valence-electron chi connectivity index (χ1n) is 11.2. The van der Waals surface area contributed by atoms with Gasteiger partial charge in [0.15, 0.2) is 11.6 Å². The summed E-state index contributed by atoms with van der Waals surface area (Å²) in [5.74, 6) is 1.72. The van der Waals surface area contributed by atoms with Gasteiger partial charge in [0.2, 0.25) is 0 Å². The van der Waals surface area contributed by atoms with Gasteiger partial charge < -0.3 is 15.2 Å². The summed E-state index contributed by atoms with van der Waals surface area (Å²) in [6.07, 6.45) is 6.32. The number of ether oxygens (including phenoxy) is 2. The van der Waals surface area contributed by atoms with Gasteiger partial charge in [-0.2, -0.15) is 13.9 Å². The van der Waals surface area contributed by atoms with E-state index >= 15 is 0 Å². The number of nitrogens with two attached hydrogens (primary N) is 1. The quantitative estimate of drug-likeness (QED) is 0.756. The molecule has 2 saturated carbocycles. The first-order valence-corrected chi connectivity index (χ1v) is 11.2. The third kappa shape index (κ3) is 3.38. The zero-order valence-electron chi connectivity index (χ0n) is 17.3. The van der Waals surface area contributed by atoms with Gasteiger partial charge in [0.05, 0.1) is 31.0 Å². The van der Waals surface area contributed by atoms with E-state index in [1.54, 1.807) is 6.20 Å². The highest BCUT2D eigenvalue weighted by Crippen LogP contribution is 2.59. The summed E-state index contributed by atoms with van der Waals surface area (Å²) in [5.41, 5.74) is 8.41. The van der Waals surface area contributed by atoms with Crippen LogP contribution in [0, 0.1) is 11.8 Å². The number of pyridine rings is 1. The normalized spacial score (nSPS) is 28.8. The maximum atomic E-state index is 12.7. The first-order chi connectivity index (χ1) is 15.1. The Bertz CT molecular complexity index is 961. The molecule has 4 fully saturated rings. The van der Waals surface area contributed by atoms with Crippen LogP contribution in [0.2, 0.25) is 0 Å². The summed E-state index contributed by atoms with van der Waals surface area (Å²) < 4.78 is 37.6. The second-order valence-corrected chi connectivity index (χ2v) is 9.32. The fourth-order valence-corrected chi connectivity index (χ4v) is 5.76. The van der Waals surface area contributed by atoms with Crippen molar-refractivity contribution < 1.29 is 18.3 Å². The number of anilines is 1. The SMILES string of the molecule is Nc1ncc(-c2cc(C3C4CN(C5COC5)CC43)n(C3CCCC3)n2)cc1OC(F)F. The van der Waals surface area contributed by atoms with E-state index in [4.69, 9.17) is 15.6 Å². The van der Waals surface area contributed by atoms with Crippen molar-refractivity contribution in [3.63, 3.8) is 0 Å². The summed E-state index contributed by atoms with van der Waals surface area (Å²) in [4.78, 5) is 6.63. The standard InChI is InChI=1S/C22H27F2N5O2/c23-22(24)31-19-5-12(7-26-21(19)25)17-6-18(29(27-17)13-3-1-2-4-13)20-15-8-28(9-16(15)20)14-10-30-11-14/h5-7,13-16,20,22H,1-4,8-11H2,(H2,25,26). The van der Waals surface area contributed by atoms with Crippen LogP contribution in [0.25, 0.3) is 11.3 Å². The number of hydrogen-bond acceptors (Lipinski definition) is 6.